The molecule has 10 aromatic rings. The van der Waals surface area contributed by atoms with Crippen molar-refractivity contribution >= 4 is 21.8 Å². The number of benzene rings is 6. The molecule has 0 aliphatic rings. The van der Waals surface area contributed by atoms with Crippen LogP contribution in [0.4, 0.5) is 0 Å². The van der Waals surface area contributed by atoms with Crippen LogP contribution in [0.3, 0.4) is 0 Å². The standard InChI is InChI=1S/C50H29N5O2.2Pt/c1-3-12-34(13-4-1)42-20-9-26-51-48(42)36-16-7-18-38(30-36)56-40-22-24-44-45-25-23-41(33-47(45)55(46(44)32-40)50-53-28-11-29-54-50)57-39-19-8-17-37(31-39)49-43(21-10-27-52-49)35-14-5-2-6-15-35;;/h1-29H;;/q-4;2*+2. The van der Waals surface area contributed by atoms with Gasteiger partial charge in [-0.3, -0.25) is 0 Å². The first kappa shape index (κ1) is 39.3. The molecule has 0 fully saturated rings. The van der Waals surface area contributed by atoms with Gasteiger partial charge in [0.15, 0.2) is 0 Å². The molecular formula is C50H29N5O2Pt2. The second-order valence-electron chi connectivity index (χ2n) is 13.1. The van der Waals surface area contributed by atoms with Crippen LogP contribution >= 0.6 is 0 Å². The minimum atomic E-state index is 0. The maximum Gasteiger partial charge on any atom is 2.00 e. The van der Waals surface area contributed by atoms with Gasteiger partial charge < -0.3 is 24.0 Å². The molecule has 59 heavy (non-hydrogen) atoms. The van der Waals surface area contributed by atoms with Crippen molar-refractivity contribution in [3.8, 4) is 73.7 Å². The summed E-state index contributed by atoms with van der Waals surface area (Å²) in [7, 11) is 0. The van der Waals surface area contributed by atoms with Crippen molar-refractivity contribution in [2.75, 3.05) is 0 Å². The smallest absolute Gasteiger partial charge is 0.503 e. The Bertz CT molecular complexity index is 2850. The van der Waals surface area contributed by atoms with Crippen molar-refractivity contribution in [2.24, 2.45) is 0 Å². The van der Waals surface area contributed by atoms with Crippen LogP contribution in [-0.2, 0) is 42.1 Å². The van der Waals surface area contributed by atoms with Gasteiger partial charge in [0.1, 0.15) is 0 Å². The Morgan fingerprint density at radius 2 is 0.814 bits per heavy atom. The van der Waals surface area contributed by atoms with E-state index in [-0.39, 0.29) is 42.1 Å². The Labute approximate surface area is 369 Å². The maximum absolute atomic E-state index is 6.43. The van der Waals surface area contributed by atoms with Gasteiger partial charge in [-0.05, 0) is 51.8 Å². The number of hydrogen-bond donors (Lipinski definition) is 0. The molecule has 7 nitrogen and oxygen atoms in total. The summed E-state index contributed by atoms with van der Waals surface area (Å²) in [6, 6.07) is 63.5. The Morgan fingerprint density at radius 1 is 0.373 bits per heavy atom. The quantitative estimate of drug-likeness (QED) is 0.134. The van der Waals surface area contributed by atoms with Gasteiger partial charge >= 0.3 is 42.1 Å². The first-order chi connectivity index (χ1) is 28.2. The van der Waals surface area contributed by atoms with Crippen LogP contribution in [0.25, 0.3) is 72.5 Å². The molecule has 0 saturated carbocycles. The fourth-order valence-electron chi connectivity index (χ4n) is 7.02. The van der Waals surface area contributed by atoms with Gasteiger partial charge in [-0.1, -0.05) is 96.0 Å². The van der Waals surface area contributed by atoms with E-state index in [0.717, 1.165) is 66.6 Å². The first-order valence-corrected chi connectivity index (χ1v) is 18.4. The van der Waals surface area contributed by atoms with E-state index in [2.05, 4.69) is 70.6 Å². The Morgan fingerprint density at radius 3 is 1.29 bits per heavy atom. The number of hydrogen-bond acceptors (Lipinski definition) is 6. The van der Waals surface area contributed by atoms with Crippen LogP contribution < -0.4 is 9.47 Å². The first-order valence-electron chi connectivity index (χ1n) is 18.4. The van der Waals surface area contributed by atoms with Crippen LogP contribution in [0.5, 0.6) is 23.0 Å². The molecular weight excluding hydrogens is 1090 g/mol. The van der Waals surface area contributed by atoms with Gasteiger partial charge in [-0.2, -0.15) is 22.9 Å². The van der Waals surface area contributed by atoms with Crippen molar-refractivity contribution in [1.82, 2.24) is 24.5 Å². The molecule has 4 aromatic heterocycles. The fourth-order valence-corrected chi connectivity index (χ4v) is 7.02. The minimum Gasteiger partial charge on any atom is -0.503 e. The SMILES string of the molecule is [Pt+2].[Pt+2].[c-]1c(Oc2[c-]c3c(cc2)c2ccc(Oc4[c-]c(-c5ncccc5-c5ccccc5)ccc4)[c-]c2n3-c2ncccn2)cccc1-c1ncccc1-c1ccccc1. The Kier molecular flexibility index (Phi) is 11.7. The Hall–Kier alpha value is -6.52. The van der Waals surface area contributed by atoms with E-state index < -0.39 is 0 Å². The molecule has 6 aromatic carbocycles. The molecule has 0 aliphatic heterocycles. The van der Waals surface area contributed by atoms with E-state index in [1.54, 1.807) is 30.9 Å². The minimum absolute atomic E-state index is 0. The van der Waals surface area contributed by atoms with E-state index in [4.69, 9.17) is 19.4 Å². The molecule has 286 valence electrons. The van der Waals surface area contributed by atoms with Crippen LogP contribution in [0, 0.1) is 24.3 Å². The van der Waals surface area contributed by atoms with Gasteiger partial charge in [-0.25, -0.2) is 9.97 Å². The van der Waals surface area contributed by atoms with E-state index in [1.807, 2.05) is 114 Å². The molecule has 0 N–H and O–H groups in total. The third kappa shape index (κ3) is 8.00. The molecule has 0 saturated heterocycles. The molecule has 4 heterocycles. The maximum atomic E-state index is 6.43. The summed E-state index contributed by atoms with van der Waals surface area (Å²) in [6.45, 7) is 0. The van der Waals surface area contributed by atoms with Gasteiger partial charge in [0.05, 0.1) is 0 Å². The summed E-state index contributed by atoms with van der Waals surface area (Å²) in [5, 5.41) is 1.87. The van der Waals surface area contributed by atoms with Crippen molar-refractivity contribution in [1.29, 1.82) is 0 Å². The zero-order chi connectivity index (χ0) is 38.0. The molecule has 0 aliphatic carbocycles. The third-order valence-electron chi connectivity index (χ3n) is 9.56. The number of fused-ring (bicyclic) bond motifs is 3. The summed E-state index contributed by atoms with van der Waals surface area (Å²) >= 11 is 0. The van der Waals surface area contributed by atoms with Crippen LogP contribution in [-0.4, -0.2) is 24.5 Å². The van der Waals surface area contributed by atoms with E-state index in [1.165, 1.54) is 0 Å². The largest absolute Gasteiger partial charge is 2.00 e. The predicted octanol–water partition coefficient (Wildman–Crippen LogP) is 11.8. The van der Waals surface area contributed by atoms with E-state index in [9.17, 15) is 0 Å². The normalized spacial score (nSPS) is 10.8. The Balaban J connectivity index is 0.00000242. The molecule has 0 spiro atoms. The molecule has 0 bridgehead atoms. The third-order valence-corrected chi connectivity index (χ3v) is 9.56. The molecule has 0 radical (unpaired) electrons. The number of rotatable bonds is 9. The van der Waals surface area contributed by atoms with E-state index >= 15 is 0 Å². The van der Waals surface area contributed by atoms with Gasteiger partial charge in [0.2, 0.25) is 5.95 Å². The number of nitrogens with zero attached hydrogens (tertiary/aromatic N) is 5. The average Bonchev–Trinajstić information content (AvgIpc) is 3.60. The molecule has 10 rings (SSSR count). The molecule has 0 atom stereocenters. The molecule has 0 amide bonds. The zero-order valence-corrected chi connectivity index (χ0v) is 35.5. The predicted molar refractivity (Wildman–Crippen MR) is 222 cm³/mol. The van der Waals surface area contributed by atoms with Crippen molar-refractivity contribution in [3.63, 3.8) is 0 Å². The number of ether oxygens (including phenoxy) is 2. The van der Waals surface area contributed by atoms with Crippen molar-refractivity contribution in [2.45, 2.75) is 0 Å². The van der Waals surface area contributed by atoms with Gasteiger partial charge in [0.25, 0.3) is 0 Å². The summed E-state index contributed by atoms with van der Waals surface area (Å²) in [4.78, 5) is 18.7. The van der Waals surface area contributed by atoms with Gasteiger partial charge in [0, 0.05) is 47.8 Å². The van der Waals surface area contributed by atoms with Crippen LogP contribution in [0.1, 0.15) is 0 Å². The average molecular weight is 1120 g/mol. The topological polar surface area (TPSA) is 75.0 Å². The van der Waals surface area contributed by atoms with Crippen LogP contribution in [0.2, 0.25) is 0 Å². The van der Waals surface area contributed by atoms with Gasteiger partial charge in [-0.15, -0.1) is 71.8 Å². The van der Waals surface area contributed by atoms with Crippen molar-refractivity contribution < 1.29 is 51.6 Å². The monoisotopic (exact) mass is 1120 g/mol. The summed E-state index contributed by atoms with van der Waals surface area (Å²) < 4.78 is 14.8. The number of aromatic nitrogens is 5. The van der Waals surface area contributed by atoms with E-state index in [0.29, 0.717) is 28.9 Å². The fraction of sp³-hybridized carbons (Fsp3) is 0. The summed E-state index contributed by atoms with van der Waals surface area (Å²) in [6.07, 6.45) is 7.01. The zero-order valence-electron chi connectivity index (χ0n) is 30.9. The molecule has 0 unspecified atom stereocenters. The molecule has 9 heteroatoms. The summed E-state index contributed by atoms with van der Waals surface area (Å²) in [5.41, 5.74) is 8.93. The number of pyridine rings is 2. The van der Waals surface area contributed by atoms with Crippen LogP contribution in [0.15, 0.2) is 176 Å². The second-order valence-corrected chi connectivity index (χ2v) is 13.1. The second kappa shape index (κ2) is 17.5. The summed E-state index contributed by atoms with van der Waals surface area (Å²) in [5.74, 6) is 2.55. The van der Waals surface area contributed by atoms with Crippen molar-refractivity contribution in [3.05, 3.63) is 201 Å².